The molecule has 3 N–H and O–H groups in total. The molecular formula is C39H50N6O2. The van der Waals surface area contributed by atoms with E-state index in [1.165, 1.54) is 75.6 Å². The number of ketones is 1. The van der Waals surface area contributed by atoms with Crippen molar-refractivity contribution >= 4 is 29.0 Å². The van der Waals surface area contributed by atoms with Crippen LogP contribution >= 0.6 is 0 Å². The third-order valence-corrected chi connectivity index (χ3v) is 11.8. The van der Waals surface area contributed by atoms with E-state index < -0.39 is 5.91 Å². The number of likely N-dealkylation sites (tertiary alicyclic amines) is 1. The average molecular weight is 635 g/mol. The third-order valence-electron chi connectivity index (χ3n) is 11.8. The molecule has 0 radical (unpaired) electrons. The second-order valence-corrected chi connectivity index (χ2v) is 14.9. The molecule has 2 atom stereocenters. The SMILES string of the molecule is C[C@@H]1[C@H](CC(=O)c2ccc(C3CC3)cc2)CCCN1c1cnc(C(N)=O)c(Nc2ccc(C3(C)CCN(C4CCCC4)CC3)cc2)n1. The van der Waals surface area contributed by atoms with Gasteiger partial charge < -0.3 is 20.9 Å². The molecule has 4 aliphatic rings. The Morgan fingerprint density at radius 2 is 1.62 bits per heavy atom. The summed E-state index contributed by atoms with van der Waals surface area (Å²) in [6.45, 7) is 7.72. The largest absolute Gasteiger partial charge is 0.364 e. The van der Waals surface area contributed by atoms with Crippen molar-refractivity contribution in [2.75, 3.05) is 29.9 Å². The highest BCUT2D eigenvalue weighted by Crippen LogP contribution is 2.41. The molecule has 8 heteroatoms. The van der Waals surface area contributed by atoms with Crippen LogP contribution in [-0.2, 0) is 5.41 Å². The molecule has 1 aromatic heterocycles. The summed E-state index contributed by atoms with van der Waals surface area (Å²) < 4.78 is 0. The molecule has 3 aromatic rings. The van der Waals surface area contributed by atoms with Crippen LogP contribution in [-0.4, -0.2) is 58.3 Å². The molecule has 2 saturated carbocycles. The number of carbonyl (C=O) groups excluding carboxylic acids is 2. The summed E-state index contributed by atoms with van der Waals surface area (Å²) in [7, 11) is 0. The van der Waals surface area contributed by atoms with Crippen LogP contribution in [0.25, 0.3) is 0 Å². The highest BCUT2D eigenvalue weighted by Gasteiger charge is 2.35. The summed E-state index contributed by atoms with van der Waals surface area (Å²) in [6, 6.07) is 17.7. The Hall–Kier alpha value is -3.78. The zero-order valence-electron chi connectivity index (χ0n) is 28.1. The van der Waals surface area contributed by atoms with E-state index in [0.717, 1.165) is 36.7 Å². The maximum absolute atomic E-state index is 13.3. The lowest BCUT2D eigenvalue weighted by atomic mass is 9.74. The van der Waals surface area contributed by atoms with Gasteiger partial charge in [0.2, 0.25) is 0 Å². The van der Waals surface area contributed by atoms with E-state index in [2.05, 4.69) is 70.3 Å². The minimum atomic E-state index is -0.618. The number of Topliss-reactive ketones (excluding diaryl/α,β-unsaturated/α-hetero) is 1. The van der Waals surface area contributed by atoms with Gasteiger partial charge in [0.05, 0.1) is 6.20 Å². The number of nitrogens with zero attached hydrogens (tertiary/aromatic N) is 4. The van der Waals surface area contributed by atoms with E-state index in [1.54, 1.807) is 6.20 Å². The fourth-order valence-corrected chi connectivity index (χ4v) is 8.35. The van der Waals surface area contributed by atoms with Gasteiger partial charge in [0, 0.05) is 36.3 Å². The molecule has 0 unspecified atom stereocenters. The molecule has 2 saturated heterocycles. The number of nitrogens with two attached hydrogens (primary N) is 1. The third kappa shape index (κ3) is 6.94. The van der Waals surface area contributed by atoms with Gasteiger partial charge in [-0.2, -0.15) is 0 Å². The molecule has 47 heavy (non-hydrogen) atoms. The lowest BCUT2D eigenvalue weighted by Crippen LogP contribution is -2.45. The number of anilines is 3. The Morgan fingerprint density at radius 3 is 2.28 bits per heavy atom. The van der Waals surface area contributed by atoms with Crippen LogP contribution in [0, 0.1) is 5.92 Å². The highest BCUT2D eigenvalue weighted by molar-refractivity contribution is 5.97. The van der Waals surface area contributed by atoms with Gasteiger partial charge in [-0.15, -0.1) is 0 Å². The Labute approximate surface area is 279 Å². The number of hydrogen-bond donors (Lipinski definition) is 2. The molecule has 0 spiro atoms. The second kappa shape index (κ2) is 13.4. The standard InChI is InChI=1S/C39H50N6O2/c1-26-30(24-34(46)29-13-11-28(12-14-29)27-9-10-27)6-5-21-45(26)35-25-41-36(37(40)47)38(43-35)42-32-17-15-31(16-18-32)39(2)19-22-44(23-20-39)33-7-3-4-8-33/h11-18,25-27,30,33H,3-10,19-24H2,1-2H3,(H2,40,47)(H,42,43)/t26-,30+/m1/s1. The zero-order valence-corrected chi connectivity index (χ0v) is 28.1. The highest BCUT2D eigenvalue weighted by atomic mass is 16.1. The minimum Gasteiger partial charge on any atom is -0.364 e. The molecule has 1 amide bonds. The van der Waals surface area contributed by atoms with Crippen LogP contribution in [0.1, 0.15) is 122 Å². The first-order chi connectivity index (χ1) is 22.8. The van der Waals surface area contributed by atoms with Gasteiger partial charge in [-0.25, -0.2) is 9.97 Å². The normalized spacial score (nSPS) is 23.5. The fraction of sp³-hybridized carbons (Fsp3) is 0.538. The monoisotopic (exact) mass is 634 g/mol. The Bertz CT molecular complexity index is 1570. The van der Waals surface area contributed by atoms with Crippen LogP contribution in [0.4, 0.5) is 17.3 Å². The summed E-state index contributed by atoms with van der Waals surface area (Å²) in [4.78, 5) is 40.0. The summed E-state index contributed by atoms with van der Waals surface area (Å²) in [5, 5.41) is 3.35. The lowest BCUT2D eigenvalue weighted by molar-refractivity contribution is 0.0944. The Balaban J connectivity index is 1.02. The molecule has 8 nitrogen and oxygen atoms in total. The van der Waals surface area contributed by atoms with Gasteiger partial charge in [-0.1, -0.05) is 56.2 Å². The maximum atomic E-state index is 13.3. The van der Waals surface area contributed by atoms with E-state index >= 15 is 0 Å². The van der Waals surface area contributed by atoms with Gasteiger partial charge >= 0.3 is 0 Å². The molecule has 2 aromatic carbocycles. The Kier molecular flexibility index (Phi) is 9.05. The van der Waals surface area contributed by atoms with Crippen molar-refractivity contribution in [3.63, 3.8) is 0 Å². The first-order valence-corrected chi connectivity index (χ1v) is 18.0. The summed E-state index contributed by atoms with van der Waals surface area (Å²) in [5.41, 5.74) is 10.4. The van der Waals surface area contributed by atoms with Crippen LogP contribution < -0.4 is 16.0 Å². The van der Waals surface area contributed by atoms with Crippen molar-refractivity contribution in [3.05, 3.63) is 77.1 Å². The quantitative estimate of drug-likeness (QED) is 0.224. The molecule has 3 heterocycles. The summed E-state index contributed by atoms with van der Waals surface area (Å²) >= 11 is 0. The summed E-state index contributed by atoms with van der Waals surface area (Å²) in [5.74, 6) is 1.51. The molecule has 7 rings (SSSR count). The predicted molar refractivity (Wildman–Crippen MR) is 188 cm³/mol. The van der Waals surface area contributed by atoms with Crippen LogP contribution in [0.3, 0.4) is 0 Å². The molecule has 248 valence electrons. The number of aromatic nitrogens is 2. The van der Waals surface area contributed by atoms with Crippen LogP contribution in [0.2, 0.25) is 0 Å². The van der Waals surface area contributed by atoms with Gasteiger partial charge in [0.15, 0.2) is 17.3 Å². The second-order valence-electron chi connectivity index (χ2n) is 14.9. The van der Waals surface area contributed by atoms with Crippen molar-refractivity contribution < 1.29 is 9.59 Å². The predicted octanol–water partition coefficient (Wildman–Crippen LogP) is 7.37. The van der Waals surface area contributed by atoms with Crippen molar-refractivity contribution in [1.29, 1.82) is 0 Å². The van der Waals surface area contributed by atoms with Gasteiger partial charge in [0.1, 0.15) is 5.82 Å². The van der Waals surface area contributed by atoms with Gasteiger partial charge in [-0.05, 0) is 112 Å². The van der Waals surface area contributed by atoms with Crippen molar-refractivity contribution in [2.45, 2.75) is 108 Å². The number of hydrogen-bond acceptors (Lipinski definition) is 7. The zero-order chi connectivity index (χ0) is 32.5. The number of nitrogens with one attached hydrogen (secondary N) is 1. The van der Waals surface area contributed by atoms with E-state index in [0.29, 0.717) is 24.0 Å². The smallest absolute Gasteiger partial charge is 0.271 e. The van der Waals surface area contributed by atoms with Crippen LogP contribution in [0.15, 0.2) is 54.7 Å². The lowest BCUT2D eigenvalue weighted by Gasteiger charge is -2.42. The number of benzene rings is 2. The number of carbonyl (C=O) groups is 2. The van der Waals surface area contributed by atoms with Crippen molar-refractivity contribution in [3.8, 4) is 0 Å². The Morgan fingerprint density at radius 1 is 0.915 bits per heavy atom. The number of amides is 1. The first-order valence-electron chi connectivity index (χ1n) is 18.0. The van der Waals surface area contributed by atoms with E-state index in [1.807, 2.05) is 12.1 Å². The number of piperidine rings is 2. The van der Waals surface area contributed by atoms with Gasteiger partial charge in [0.25, 0.3) is 5.91 Å². The van der Waals surface area contributed by atoms with Crippen LogP contribution in [0.5, 0.6) is 0 Å². The average Bonchev–Trinajstić information content (AvgIpc) is 3.79. The number of primary amides is 1. The fourth-order valence-electron chi connectivity index (χ4n) is 8.35. The molecular weight excluding hydrogens is 584 g/mol. The van der Waals surface area contributed by atoms with Gasteiger partial charge in [-0.3, -0.25) is 9.59 Å². The molecule has 4 fully saturated rings. The topological polar surface area (TPSA) is 104 Å². The molecule has 2 aliphatic carbocycles. The van der Waals surface area contributed by atoms with E-state index in [-0.39, 0.29) is 28.9 Å². The van der Waals surface area contributed by atoms with E-state index in [9.17, 15) is 9.59 Å². The van der Waals surface area contributed by atoms with E-state index in [4.69, 9.17) is 10.7 Å². The van der Waals surface area contributed by atoms with Crippen molar-refractivity contribution in [2.24, 2.45) is 11.7 Å². The maximum Gasteiger partial charge on any atom is 0.271 e. The summed E-state index contributed by atoms with van der Waals surface area (Å²) in [6.07, 6.45) is 14.4. The minimum absolute atomic E-state index is 0.0973. The molecule has 0 bridgehead atoms. The molecule has 2 aliphatic heterocycles. The number of rotatable bonds is 10. The van der Waals surface area contributed by atoms with Crippen molar-refractivity contribution in [1.82, 2.24) is 14.9 Å². The first kappa shape index (κ1) is 31.8.